The van der Waals surface area contributed by atoms with Crippen molar-refractivity contribution in [2.24, 2.45) is 0 Å². The van der Waals surface area contributed by atoms with E-state index >= 15 is 0 Å². The SMILES string of the molecule is O=[C]CCN1CCN(C(=O)OCc2ccccc2F)CC1. The molecular weight excluding hydrogens is 275 g/mol. The molecule has 1 aromatic rings. The van der Waals surface area contributed by atoms with Crippen molar-refractivity contribution in [3.05, 3.63) is 35.6 Å². The molecule has 0 atom stereocenters. The van der Waals surface area contributed by atoms with Crippen LogP contribution in [0.1, 0.15) is 12.0 Å². The average Bonchev–Trinajstić information content (AvgIpc) is 2.52. The number of carbonyl (C=O) groups excluding carboxylic acids is 2. The van der Waals surface area contributed by atoms with E-state index in [4.69, 9.17) is 4.74 Å². The van der Waals surface area contributed by atoms with E-state index in [2.05, 4.69) is 4.90 Å². The molecule has 0 saturated carbocycles. The maximum atomic E-state index is 13.4. The van der Waals surface area contributed by atoms with Crippen molar-refractivity contribution in [3.8, 4) is 0 Å². The number of amides is 1. The Morgan fingerprint density at radius 3 is 2.62 bits per heavy atom. The van der Waals surface area contributed by atoms with E-state index in [1.165, 1.54) is 6.07 Å². The van der Waals surface area contributed by atoms with Crippen LogP contribution in [0, 0.1) is 5.82 Å². The molecule has 0 bridgehead atoms. The van der Waals surface area contributed by atoms with Gasteiger partial charge in [-0.25, -0.2) is 9.18 Å². The highest BCUT2D eigenvalue weighted by atomic mass is 19.1. The molecule has 1 aliphatic heterocycles. The van der Waals surface area contributed by atoms with E-state index in [9.17, 15) is 14.0 Å². The van der Waals surface area contributed by atoms with E-state index in [0.29, 0.717) is 44.7 Å². The maximum Gasteiger partial charge on any atom is 0.410 e. The van der Waals surface area contributed by atoms with Crippen LogP contribution < -0.4 is 0 Å². The van der Waals surface area contributed by atoms with Gasteiger partial charge in [0.1, 0.15) is 12.4 Å². The second-order valence-corrected chi connectivity index (χ2v) is 4.87. The minimum absolute atomic E-state index is 0.0637. The Labute approximate surface area is 123 Å². The summed E-state index contributed by atoms with van der Waals surface area (Å²) < 4.78 is 18.5. The number of carbonyl (C=O) groups is 1. The predicted octanol–water partition coefficient (Wildman–Crippen LogP) is 1.58. The first-order chi connectivity index (χ1) is 10.2. The molecule has 1 fully saturated rings. The van der Waals surface area contributed by atoms with Gasteiger partial charge in [-0.3, -0.25) is 9.69 Å². The summed E-state index contributed by atoms with van der Waals surface area (Å²) >= 11 is 0. The molecule has 21 heavy (non-hydrogen) atoms. The zero-order valence-electron chi connectivity index (χ0n) is 11.8. The first kappa shape index (κ1) is 15.4. The quantitative estimate of drug-likeness (QED) is 0.827. The first-order valence-corrected chi connectivity index (χ1v) is 6.93. The van der Waals surface area contributed by atoms with E-state index in [-0.39, 0.29) is 12.4 Å². The number of nitrogens with zero attached hydrogens (tertiary/aromatic N) is 2. The number of rotatable bonds is 5. The fraction of sp³-hybridized carbons (Fsp3) is 0.467. The summed E-state index contributed by atoms with van der Waals surface area (Å²) in [7, 11) is 0. The van der Waals surface area contributed by atoms with Crippen LogP contribution in [0.25, 0.3) is 0 Å². The third-order valence-electron chi connectivity index (χ3n) is 3.47. The third-order valence-corrected chi connectivity index (χ3v) is 3.47. The van der Waals surface area contributed by atoms with Crippen LogP contribution in [-0.4, -0.2) is 54.9 Å². The zero-order valence-corrected chi connectivity index (χ0v) is 11.8. The Morgan fingerprint density at radius 1 is 1.24 bits per heavy atom. The second kappa shape index (κ2) is 7.73. The molecular formula is C15H18FN2O3. The van der Waals surface area contributed by atoms with Crippen LogP contribution in [0.4, 0.5) is 9.18 Å². The van der Waals surface area contributed by atoms with Gasteiger partial charge in [0.15, 0.2) is 6.29 Å². The maximum absolute atomic E-state index is 13.4. The number of halogens is 1. The van der Waals surface area contributed by atoms with E-state index in [1.54, 1.807) is 23.1 Å². The van der Waals surface area contributed by atoms with Crippen molar-refractivity contribution >= 4 is 12.4 Å². The lowest BCUT2D eigenvalue weighted by Crippen LogP contribution is -2.49. The van der Waals surface area contributed by atoms with Crippen LogP contribution in [0.15, 0.2) is 24.3 Å². The lowest BCUT2D eigenvalue weighted by atomic mass is 10.2. The summed E-state index contributed by atoms with van der Waals surface area (Å²) in [5.41, 5.74) is 0.367. The van der Waals surface area contributed by atoms with Gasteiger partial charge >= 0.3 is 6.09 Å². The van der Waals surface area contributed by atoms with Crippen molar-refractivity contribution < 1.29 is 18.7 Å². The molecule has 2 rings (SSSR count). The average molecular weight is 293 g/mol. The summed E-state index contributed by atoms with van der Waals surface area (Å²) in [4.78, 5) is 25.8. The Morgan fingerprint density at radius 2 is 1.95 bits per heavy atom. The molecule has 6 heteroatoms. The van der Waals surface area contributed by atoms with Crippen LogP contribution in [0.2, 0.25) is 0 Å². The van der Waals surface area contributed by atoms with Crippen LogP contribution in [0.3, 0.4) is 0 Å². The van der Waals surface area contributed by atoms with Gasteiger partial charge in [0, 0.05) is 44.7 Å². The summed E-state index contributed by atoms with van der Waals surface area (Å²) in [5, 5.41) is 0. The highest BCUT2D eigenvalue weighted by Gasteiger charge is 2.22. The standard InChI is InChI=1S/C15H18FN2O3/c16-14-5-2-1-4-13(14)12-21-15(20)18-9-7-17(8-10-18)6-3-11-19/h1-2,4-5H,3,6-10,12H2. The fourth-order valence-electron chi connectivity index (χ4n) is 2.20. The number of hydrogen-bond donors (Lipinski definition) is 0. The van der Waals surface area contributed by atoms with E-state index < -0.39 is 6.09 Å². The normalized spacial score (nSPS) is 15.8. The summed E-state index contributed by atoms with van der Waals surface area (Å²) in [6, 6.07) is 6.23. The van der Waals surface area contributed by atoms with Gasteiger partial charge in [0.25, 0.3) is 0 Å². The largest absolute Gasteiger partial charge is 0.444 e. The van der Waals surface area contributed by atoms with Gasteiger partial charge in [-0.15, -0.1) is 0 Å². The van der Waals surface area contributed by atoms with Gasteiger partial charge in [0.05, 0.1) is 0 Å². The summed E-state index contributed by atoms with van der Waals surface area (Å²) in [6.07, 6.45) is 1.82. The smallest absolute Gasteiger partial charge is 0.410 e. The molecule has 1 aromatic carbocycles. The van der Waals surface area contributed by atoms with Gasteiger partial charge in [-0.1, -0.05) is 18.2 Å². The van der Waals surface area contributed by atoms with Crippen LogP contribution in [-0.2, 0) is 16.1 Å². The molecule has 1 aliphatic rings. The molecule has 0 aliphatic carbocycles. The van der Waals surface area contributed by atoms with Crippen LogP contribution in [0.5, 0.6) is 0 Å². The molecule has 1 saturated heterocycles. The van der Waals surface area contributed by atoms with Gasteiger partial charge in [-0.2, -0.15) is 0 Å². The minimum atomic E-state index is -0.431. The molecule has 5 nitrogen and oxygen atoms in total. The molecule has 0 spiro atoms. The molecule has 1 heterocycles. The van der Waals surface area contributed by atoms with Crippen molar-refractivity contribution in [1.82, 2.24) is 9.80 Å². The van der Waals surface area contributed by atoms with Crippen molar-refractivity contribution in [2.75, 3.05) is 32.7 Å². The number of piperazine rings is 1. The predicted molar refractivity (Wildman–Crippen MR) is 74.9 cm³/mol. The van der Waals surface area contributed by atoms with Gasteiger partial charge in [0.2, 0.25) is 0 Å². The van der Waals surface area contributed by atoms with Gasteiger partial charge < -0.3 is 9.64 Å². The highest BCUT2D eigenvalue weighted by Crippen LogP contribution is 2.10. The van der Waals surface area contributed by atoms with Crippen molar-refractivity contribution in [2.45, 2.75) is 13.0 Å². The monoisotopic (exact) mass is 293 g/mol. The van der Waals surface area contributed by atoms with Crippen molar-refractivity contribution in [1.29, 1.82) is 0 Å². The third kappa shape index (κ3) is 4.53. The highest BCUT2D eigenvalue weighted by molar-refractivity contribution is 5.67. The number of hydrogen-bond acceptors (Lipinski definition) is 4. The Balaban J connectivity index is 1.75. The topological polar surface area (TPSA) is 49.9 Å². The Kier molecular flexibility index (Phi) is 5.68. The first-order valence-electron chi connectivity index (χ1n) is 6.93. The van der Waals surface area contributed by atoms with Crippen molar-refractivity contribution in [3.63, 3.8) is 0 Å². The molecule has 113 valence electrons. The lowest BCUT2D eigenvalue weighted by Gasteiger charge is -2.33. The van der Waals surface area contributed by atoms with E-state index in [1.807, 2.05) is 6.29 Å². The number of ether oxygens (including phenoxy) is 1. The summed E-state index contributed by atoms with van der Waals surface area (Å²) in [5.74, 6) is -0.375. The zero-order chi connectivity index (χ0) is 15.1. The molecule has 0 unspecified atom stereocenters. The lowest BCUT2D eigenvalue weighted by molar-refractivity contribution is 0.0716. The molecule has 1 amide bonds. The second-order valence-electron chi connectivity index (χ2n) is 4.87. The Bertz CT molecular complexity index is 488. The van der Waals surface area contributed by atoms with Gasteiger partial charge in [-0.05, 0) is 6.07 Å². The van der Waals surface area contributed by atoms with E-state index in [0.717, 1.165) is 0 Å². The number of benzene rings is 1. The Hall–Kier alpha value is -1.95. The molecule has 1 radical (unpaired) electrons. The van der Waals surface area contributed by atoms with Crippen LogP contribution >= 0.6 is 0 Å². The molecule has 0 N–H and O–H groups in total. The minimum Gasteiger partial charge on any atom is -0.444 e. The summed E-state index contributed by atoms with van der Waals surface area (Å²) in [6.45, 7) is 3.12. The molecule has 0 aromatic heterocycles. The fourth-order valence-corrected chi connectivity index (χ4v) is 2.20.